The number of nitrogens with one attached hydrogen (secondary N) is 1. The molecule has 0 aromatic heterocycles. The van der Waals surface area contributed by atoms with E-state index in [2.05, 4.69) is 5.32 Å². The van der Waals surface area contributed by atoms with Gasteiger partial charge in [0, 0.05) is 25.2 Å². The van der Waals surface area contributed by atoms with Gasteiger partial charge < -0.3 is 10.1 Å². The predicted octanol–water partition coefficient (Wildman–Crippen LogP) is 2.51. The van der Waals surface area contributed by atoms with E-state index < -0.39 is 36.9 Å². The van der Waals surface area contributed by atoms with E-state index in [4.69, 9.17) is 4.74 Å². The third kappa shape index (κ3) is 7.20. The lowest BCUT2D eigenvalue weighted by Crippen LogP contribution is -2.50. The van der Waals surface area contributed by atoms with Crippen LogP contribution < -0.4 is 14.4 Å². The van der Waals surface area contributed by atoms with E-state index in [0.29, 0.717) is 18.8 Å². The summed E-state index contributed by atoms with van der Waals surface area (Å²) in [5.74, 6) is -0.172. The smallest absolute Gasteiger partial charge is 0.271 e. The van der Waals surface area contributed by atoms with Crippen LogP contribution in [0.2, 0.25) is 0 Å². The van der Waals surface area contributed by atoms with Crippen LogP contribution in [0.4, 0.5) is 11.4 Å². The summed E-state index contributed by atoms with van der Waals surface area (Å²) in [6.07, 6.45) is 3.77. The van der Waals surface area contributed by atoms with Crippen LogP contribution in [0.3, 0.4) is 0 Å². The highest BCUT2D eigenvalue weighted by molar-refractivity contribution is 7.92. The maximum absolute atomic E-state index is 12.9. The highest BCUT2D eigenvalue weighted by Gasteiger charge is 2.32. The van der Waals surface area contributed by atoms with Crippen LogP contribution in [-0.2, 0) is 24.8 Å². The second-order valence-electron chi connectivity index (χ2n) is 8.84. The largest absolute Gasteiger partial charge is 0.492 e. The Bertz CT molecular complexity index is 1340. The lowest BCUT2D eigenvalue weighted by atomic mass is 10.2. The van der Waals surface area contributed by atoms with Gasteiger partial charge in [0.1, 0.15) is 18.4 Å². The van der Waals surface area contributed by atoms with Gasteiger partial charge in [-0.3, -0.25) is 19.2 Å². The third-order valence-electron chi connectivity index (χ3n) is 6.07. The summed E-state index contributed by atoms with van der Waals surface area (Å²) in [5, 5.41) is 13.8. The molecule has 14 heteroatoms. The molecule has 0 bridgehead atoms. The number of nitro groups is 1. The topological polar surface area (TPSA) is 156 Å². The highest BCUT2D eigenvalue weighted by atomic mass is 32.2. The molecule has 1 amide bonds. The monoisotopic (exact) mass is 568 g/mol. The molecule has 2 aromatic rings. The molecule has 0 radical (unpaired) electrons. The van der Waals surface area contributed by atoms with Gasteiger partial charge in [-0.1, -0.05) is 19.4 Å². The standard InChI is InChI=1S/C24H32N4O8S2/c1-3-23(27(37(2,32)33)19-8-7-9-20(18-19)28(30)31)24(29)25-14-17-36-21-10-12-22(13-11-21)38(34,35)26-15-5-4-6-16-26/h7-13,18,23H,3-6,14-17H2,1-2H3,(H,25,29)/t23-/m0/s1. The molecule has 0 saturated carbocycles. The van der Waals surface area contributed by atoms with E-state index in [0.717, 1.165) is 35.9 Å². The van der Waals surface area contributed by atoms with Gasteiger partial charge in [-0.05, 0) is 49.6 Å². The van der Waals surface area contributed by atoms with E-state index in [9.17, 15) is 31.7 Å². The van der Waals surface area contributed by atoms with Gasteiger partial charge in [0.05, 0.1) is 28.3 Å². The Morgan fingerprint density at radius 1 is 1.11 bits per heavy atom. The predicted molar refractivity (Wildman–Crippen MR) is 142 cm³/mol. The number of anilines is 1. The number of benzene rings is 2. The average molecular weight is 569 g/mol. The lowest BCUT2D eigenvalue weighted by Gasteiger charge is -2.30. The first-order valence-electron chi connectivity index (χ1n) is 12.2. The molecule has 1 N–H and O–H groups in total. The molecule has 1 aliphatic heterocycles. The number of non-ortho nitro benzene ring substituents is 1. The molecule has 1 fully saturated rings. The highest BCUT2D eigenvalue weighted by Crippen LogP contribution is 2.26. The summed E-state index contributed by atoms with van der Waals surface area (Å²) in [4.78, 5) is 23.6. The number of piperidine rings is 1. The summed E-state index contributed by atoms with van der Waals surface area (Å²) in [6, 6.07) is 10.00. The SMILES string of the molecule is CC[C@@H](C(=O)NCCOc1ccc(S(=O)(=O)N2CCCCC2)cc1)N(c1cccc([N+](=O)[O-])c1)S(C)(=O)=O. The Labute approximate surface area is 222 Å². The summed E-state index contributed by atoms with van der Waals surface area (Å²) >= 11 is 0. The average Bonchev–Trinajstić information content (AvgIpc) is 2.89. The minimum absolute atomic E-state index is 0.0135. The van der Waals surface area contributed by atoms with Crippen molar-refractivity contribution in [3.05, 3.63) is 58.6 Å². The van der Waals surface area contributed by atoms with Gasteiger partial charge in [0.25, 0.3) is 5.69 Å². The molecule has 3 rings (SSSR count). The van der Waals surface area contributed by atoms with Crippen molar-refractivity contribution >= 4 is 37.3 Å². The third-order valence-corrected chi connectivity index (χ3v) is 9.16. The number of nitrogens with zero attached hydrogens (tertiary/aromatic N) is 3. The van der Waals surface area contributed by atoms with E-state index in [1.165, 1.54) is 34.6 Å². The minimum Gasteiger partial charge on any atom is -0.492 e. The van der Waals surface area contributed by atoms with Crippen molar-refractivity contribution in [2.45, 2.75) is 43.5 Å². The first-order valence-corrected chi connectivity index (χ1v) is 15.5. The van der Waals surface area contributed by atoms with Gasteiger partial charge in [-0.15, -0.1) is 0 Å². The van der Waals surface area contributed by atoms with Crippen molar-refractivity contribution in [2.75, 3.05) is 36.8 Å². The van der Waals surface area contributed by atoms with Gasteiger partial charge >= 0.3 is 0 Å². The number of amides is 1. The number of carbonyl (C=O) groups is 1. The van der Waals surface area contributed by atoms with Crippen LogP contribution in [0.5, 0.6) is 5.75 Å². The zero-order valence-corrected chi connectivity index (χ0v) is 22.9. The van der Waals surface area contributed by atoms with Gasteiger partial charge in [-0.25, -0.2) is 16.8 Å². The number of nitro benzene ring substituents is 1. The fraction of sp³-hybridized carbons (Fsp3) is 0.458. The Morgan fingerprint density at radius 3 is 2.34 bits per heavy atom. The first-order chi connectivity index (χ1) is 17.9. The zero-order chi connectivity index (χ0) is 27.9. The van der Waals surface area contributed by atoms with Crippen LogP contribution >= 0.6 is 0 Å². The molecule has 0 unspecified atom stereocenters. The molecule has 1 saturated heterocycles. The van der Waals surface area contributed by atoms with E-state index >= 15 is 0 Å². The van der Waals surface area contributed by atoms with Crippen molar-refractivity contribution in [1.29, 1.82) is 0 Å². The molecular weight excluding hydrogens is 536 g/mol. The van der Waals surface area contributed by atoms with Crippen LogP contribution in [0.25, 0.3) is 0 Å². The molecule has 208 valence electrons. The summed E-state index contributed by atoms with van der Waals surface area (Å²) in [5.41, 5.74) is -0.283. The quantitative estimate of drug-likeness (QED) is 0.233. The number of rotatable bonds is 12. The van der Waals surface area contributed by atoms with Crippen LogP contribution in [-0.4, -0.2) is 70.5 Å². The van der Waals surface area contributed by atoms with Crippen LogP contribution in [0.1, 0.15) is 32.6 Å². The molecule has 2 aromatic carbocycles. The van der Waals surface area contributed by atoms with E-state index in [-0.39, 0.29) is 35.8 Å². The fourth-order valence-corrected chi connectivity index (χ4v) is 6.95. The minimum atomic E-state index is -3.95. The molecule has 1 heterocycles. The Balaban J connectivity index is 1.60. The molecule has 12 nitrogen and oxygen atoms in total. The Morgan fingerprint density at radius 2 is 1.76 bits per heavy atom. The molecule has 0 aliphatic carbocycles. The number of sulfonamides is 2. The van der Waals surface area contributed by atoms with Crippen molar-refractivity contribution in [2.24, 2.45) is 0 Å². The van der Waals surface area contributed by atoms with Gasteiger partial charge in [0.15, 0.2) is 0 Å². The van der Waals surface area contributed by atoms with Crippen molar-refractivity contribution in [3.8, 4) is 5.75 Å². The second kappa shape index (κ2) is 12.5. The summed E-state index contributed by atoms with van der Waals surface area (Å²) in [7, 11) is -7.50. The van der Waals surface area contributed by atoms with Crippen molar-refractivity contribution in [3.63, 3.8) is 0 Å². The lowest BCUT2D eigenvalue weighted by molar-refractivity contribution is -0.384. The molecule has 1 aliphatic rings. The normalized spacial score (nSPS) is 15.4. The molecule has 1 atom stereocenters. The van der Waals surface area contributed by atoms with Crippen LogP contribution in [0.15, 0.2) is 53.4 Å². The number of hydrogen-bond donors (Lipinski definition) is 1. The Kier molecular flexibility index (Phi) is 9.68. The van der Waals surface area contributed by atoms with Crippen molar-refractivity contribution in [1.82, 2.24) is 9.62 Å². The van der Waals surface area contributed by atoms with Gasteiger partial charge in [-0.2, -0.15) is 4.31 Å². The number of carbonyl (C=O) groups excluding carboxylic acids is 1. The fourth-order valence-electron chi connectivity index (χ4n) is 4.23. The maximum atomic E-state index is 12.9. The maximum Gasteiger partial charge on any atom is 0.271 e. The van der Waals surface area contributed by atoms with Crippen LogP contribution in [0, 0.1) is 10.1 Å². The van der Waals surface area contributed by atoms with E-state index in [1.54, 1.807) is 19.1 Å². The first kappa shape index (κ1) is 29.3. The number of ether oxygens (including phenoxy) is 1. The molecule has 38 heavy (non-hydrogen) atoms. The van der Waals surface area contributed by atoms with Gasteiger partial charge in [0.2, 0.25) is 26.0 Å². The van der Waals surface area contributed by atoms with E-state index in [1.807, 2.05) is 0 Å². The zero-order valence-electron chi connectivity index (χ0n) is 21.3. The number of hydrogen-bond acceptors (Lipinski definition) is 8. The van der Waals surface area contributed by atoms with Crippen molar-refractivity contribution < 1.29 is 31.3 Å². The second-order valence-corrected chi connectivity index (χ2v) is 12.6. The summed E-state index contributed by atoms with van der Waals surface area (Å²) in [6.45, 7) is 2.76. The molecule has 0 spiro atoms. The Hall–Kier alpha value is -3.23. The molecular formula is C24H32N4O8S2. The summed E-state index contributed by atoms with van der Waals surface area (Å²) < 4.78 is 58.6.